The first-order valence-corrected chi connectivity index (χ1v) is 6.75. The first-order valence-electron chi connectivity index (χ1n) is 6.75. The predicted molar refractivity (Wildman–Crippen MR) is 72.7 cm³/mol. The number of ketones is 1. The van der Waals surface area contributed by atoms with E-state index in [1.807, 2.05) is 26.1 Å². The number of carbonyl (C=O) groups excluding carboxylic acids is 1. The molecule has 1 aromatic rings. The maximum Gasteiger partial charge on any atom is 0.183 e. The second kappa shape index (κ2) is 5.19. The van der Waals surface area contributed by atoms with E-state index in [0.717, 1.165) is 19.5 Å². The van der Waals surface area contributed by atoms with Gasteiger partial charge in [-0.05, 0) is 37.5 Å². The minimum absolute atomic E-state index is 0.0197. The molecule has 2 rings (SSSR count). The van der Waals surface area contributed by atoms with Gasteiger partial charge >= 0.3 is 0 Å². The summed E-state index contributed by atoms with van der Waals surface area (Å²) in [5.41, 5.74) is 3.20. The van der Waals surface area contributed by atoms with Crippen LogP contribution in [0.2, 0.25) is 0 Å². The van der Waals surface area contributed by atoms with Crippen LogP contribution in [0.5, 0.6) is 0 Å². The lowest BCUT2D eigenvalue weighted by Crippen LogP contribution is -2.36. The van der Waals surface area contributed by atoms with Gasteiger partial charge in [0.05, 0.1) is 0 Å². The first-order chi connectivity index (χ1) is 8.49. The Labute approximate surface area is 109 Å². The molecule has 2 heterocycles. The van der Waals surface area contributed by atoms with Crippen LogP contribution < -0.4 is 0 Å². The first kappa shape index (κ1) is 13.2. The highest BCUT2D eigenvalue weighted by molar-refractivity contribution is 5.95. The smallest absolute Gasteiger partial charge is 0.183 e. The Morgan fingerprint density at radius 2 is 2.00 bits per heavy atom. The molecule has 0 saturated heterocycles. The zero-order chi connectivity index (χ0) is 13.3. The van der Waals surface area contributed by atoms with E-state index in [9.17, 15) is 4.79 Å². The highest BCUT2D eigenvalue weighted by atomic mass is 16.1. The summed E-state index contributed by atoms with van der Waals surface area (Å²) in [6.45, 7) is 10.3. The average molecular weight is 246 g/mol. The van der Waals surface area contributed by atoms with E-state index in [4.69, 9.17) is 0 Å². The monoisotopic (exact) mass is 246 g/mol. The van der Waals surface area contributed by atoms with Gasteiger partial charge in [-0.2, -0.15) is 0 Å². The molecular weight excluding hydrogens is 224 g/mol. The molecule has 98 valence electrons. The van der Waals surface area contributed by atoms with Crippen molar-refractivity contribution in [2.75, 3.05) is 6.54 Å². The van der Waals surface area contributed by atoms with Crippen molar-refractivity contribution in [2.24, 2.45) is 5.92 Å². The number of aromatic nitrogens is 1. The third kappa shape index (κ3) is 2.61. The number of nitrogens with zero attached hydrogens (tertiary/aromatic N) is 2. The van der Waals surface area contributed by atoms with Crippen LogP contribution in [0.15, 0.2) is 12.3 Å². The van der Waals surface area contributed by atoms with Crippen molar-refractivity contribution in [2.45, 2.75) is 46.7 Å². The van der Waals surface area contributed by atoms with E-state index in [2.05, 4.69) is 23.7 Å². The highest BCUT2D eigenvalue weighted by Crippen LogP contribution is 2.21. The summed E-state index contributed by atoms with van der Waals surface area (Å²) in [5.74, 6) is 0.162. The number of pyridine rings is 1. The zero-order valence-corrected chi connectivity index (χ0v) is 11.7. The van der Waals surface area contributed by atoms with E-state index < -0.39 is 0 Å². The molecule has 0 bridgehead atoms. The summed E-state index contributed by atoms with van der Waals surface area (Å²) in [6, 6.07) is 2.56. The summed E-state index contributed by atoms with van der Waals surface area (Å²) in [5, 5.41) is 0. The number of rotatable bonds is 3. The molecule has 0 unspecified atom stereocenters. The number of fused-ring (bicyclic) bond motifs is 1. The molecule has 3 heteroatoms. The van der Waals surface area contributed by atoms with Gasteiger partial charge in [-0.1, -0.05) is 13.8 Å². The van der Waals surface area contributed by atoms with Crippen LogP contribution in [0.4, 0.5) is 0 Å². The van der Waals surface area contributed by atoms with Gasteiger partial charge in [-0.25, -0.2) is 0 Å². The van der Waals surface area contributed by atoms with E-state index in [1.165, 1.54) is 11.1 Å². The van der Waals surface area contributed by atoms with Gasteiger partial charge in [0.25, 0.3) is 0 Å². The Bertz CT molecular complexity index is 452. The number of hydrogen-bond acceptors (Lipinski definition) is 3. The maximum atomic E-state index is 11.9. The van der Waals surface area contributed by atoms with Gasteiger partial charge in [0.2, 0.25) is 0 Å². The van der Waals surface area contributed by atoms with E-state index in [-0.39, 0.29) is 11.7 Å². The quantitative estimate of drug-likeness (QED) is 0.769. The molecule has 1 aromatic heterocycles. The molecule has 18 heavy (non-hydrogen) atoms. The van der Waals surface area contributed by atoms with Crippen molar-refractivity contribution in [3.05, 3.63) is 29.1 Å². The van der Waals surface area contributed by atoms with Crippen LogP contribution in [0.3, 0.4) is 0 Å². The fourth-order valence-electron chi connectivity index (χ4n) is 2.33. The molecule has 0 spiro atoms. The minimum Gasteiger partial charge on any atom is -0.296 e. The standard InChI is InChI=1S/C15H22N2O/c1-10(2)15(18)14-7-12-5-6-17(11(3)4)9-13(12)8-16-14/h7-8,10-11H,5-6,9H2,1-4H3. The van der Waals surface area contributed by atoms with Gasteiger partial charge in [-0.3, -0.25) is 14.7 Å². The van der Waals surface area contributed by atoms with Gasteiger partial charge in [0.1, 0.15) is 5.69 Å². The van der Waals surface area contributed by atoms with Crippen LogP contribution >= 0.6 is 0 Å². The van der Waals surface area contributed by atoms with Gasteiger partial charge < -0.3 is 0 Å². The Morgan fingerprint density at radius 1 is 1.28 bits per heavy atom. The third-order valence-corrected chi connectivity index (χ3v) is 3.63. The van der Waals surface area contributed by atoms with Gasteiger partial charge in [0.15, 0.2) is 5.78 Å². The number of Topliss-reactive ketones (excluding diaryl/α,β-unsaturated/α-hetero) is 1. The molecule has 0 aliphatic carbocycles. The average Bonchev–Trinajstić information content (AvgIpc) is 2.36. The second-order valence-corrected chi connectivity index (χ2v) is 5.67. The summed E-state index contributed by atoms with van der Waals surface area (Å²) >= 11 is 0. The van der Waals surface area contributed by atoms with Crippen LogP contribution in [-0.4, -0.2) is 28.3 Å². The molecular formula is C15H22N2O. The van der Waals surface area contributed by atoms with E-state index >= 15 is 0 Å². The fourth-order valence-corrected chi connectivity index (χ4v) is 2.33. The normalized spacial score (nSPS) is 16.1. The SMILES string of the molecule is CC(C)C(=O)c1cc2c(cn1)CN(C(C)C)CC2. The van der Waals surface area contributed by atoms with Gasteiger partial charge in [0, 0.05) is 31.2 Å². The Morgan fingerprint density at radius 3 is 2.61 bits per heavy atom. The molecule has 0 aromatic carbocycles. The highest BCUT2D eigenvalue weighted by Gasteiger charge is 2.20. The summed E-state index contributed by atoms with van der Waals surface area (Å²) in [6.07, 6.45) is 2.91. The number of hydrogen-bond donors (Lipinski definition) is 0. The van der Waals surface area contributed by atoms with Crippen LogP contribution in [-0.2, 0) is 13.0 Å². The second-order valence-electron chi connectivity index (χ2n) is 5.67. The fraction of sp³-hybridized carbons (Fsp3) is 0.600. The largest absolute Gasteiger partial charge is 0.296 e. The molecule has 0 N–H and O–H groups in total. The molecule has 0 amide bonds. The van der Waals surface area contributed by atoms with Crippen molar-refractivity contribution in [3.63, 3.8) is 0 Å². The predicted octanol–water partition coefficient (Wildman–Crippen LogP) is 2.69. The Kier molecular flexibility index (Phi) is 3.81. The van der Waals surface area contributed by atoms with Crippen LogP contribution in [0, 0.1) is 5.92 Å². The Hall–Kier alpha value is -1.22. The lowest BCUT2D eigenvalue weighted by Gasteiger charge is -2.31. The van der Waals surface area contributed by atoms with Crippen molar-refractivity contribution in [1.82, 2.24) is 9.88 Å². The summed E-state index contributed by atoms with van der Waals surface area (Å²) in [7, 11) is 0. The lowest BCUT2D eigenvalue weighted by atomic mass is 9.97. The molecule has 0 atom stereocenters. The molecule has 1 aliphatic heterocycles. The molecule has 3 nitrogen and oxygen atoms in total. The Balaban J connectivity index is 2.23. The van der Waals surface area contributed by atoms with Crippen molar-refractivity contribution in [1.29, 1.82) is 0 Å². The molecule has 0 fully saturated rings. The van der Waals surface area contributed by atoms with Crippen molar-refractivity contribution in [3.8, 4) is 0 Å². The topological polar surface area (TPSA) is 33.2 Å². The lowest BCUT2D eigenvalue weighted by molar-refractivity contribution is 0.0934. The van der Waals surface area contributed by atoms with Crippen LogP contribution in [0.25, 0.3) is 0 Å². The zero-order valence-electron chi connectivity index (χ0n) is 11.7. The molecule has 0 saturated carbocycles. The maximum absolute atomic E-state index is 11.9. The summed E-state index contributed by atoms with van der Waals surface area (Å²) in [4.78, 5) is 18.7. The van der Waals surface area contributed by atoms with E-state index in [0.29, 0.717) is 11.7 Å². The van der Waals surface area contributed by atoms with E-state index in [1.54, 1.807) is 0 Å². The van der Waals surface area contributed by atoms with Crippen molar-refractivity contribution < 1.29 is 4.79 Å². The van der Waals surface area contributed by atoms with Crippen LogP contribution in [0.1, 0.15) is 49.3 Å². The van der Waals surface area contributed by atoms with Crippen molar-refractivity contribution >= 4 is 5.78 Å². The summed E-state index contributed by atoms with van der Waals surface area (Å²) < 4.78 is 0. The number of carbonyl (C=O) groups is 1. The molecule has 1 aliphatic rings. The third-order valence-electron chi connectivity index (χ3n) is 3.63. The van der Waals surface area contributed by atoms with Gasteiger partial charge in [-0.15, -0.1) is 0 Å². The molecule has 0 radical (unpaired) electrons. The minimum atomic E-state index is 0.0197.